The van der Waals surface area contributed by atoms with Crippen molar-refractivity contribution in [3.63, 3.8) is 0 Å². The summed E-state index contributed by atoms with van der Waals surface area (Å²) in [5.41, 5.74) is 1.39. The Hall–Kier alpha value is -2.56. The van der Waals surface area contributed by atoms with Gasteiger partial charge in [-0.3, -0.25) is 0 Å². The van der Waals surface area contributed by atoms with Crippen molar-refractivity contribution in [3.8, 4) is 0 Å². The Bertz CT molecular complexity index is 841. The Morgan fingerprint density at radius 2 is 2.06 bits per heavy atom. The van der Waals surface area contributed by atoms with Gasteiger partial charge in [-0.2, -0.15) is 0 Å². The molecular formula is C13H9NO4. The monoisotopic (exact) mass is 243 g/mol. The van der Waals surface area contributed by atoms with E-state index in [0.717, 1.165) is 5.56 Å². The first kappa shape index (κ1) is 10.6. The van der Waals surface area contributed by atoms with Gasteiger partial charge in [0.2, 0.25) is 0 Å². The summed E-state index contributed by atoms with van der Waals surface area (Å²) in [5, 5.41) is 9.90. The highest BCUT2D eigenvalue weighted by Gasteiger charge is 2.14. The third kappa shape index (κ3) is 1.41. The van der Waals surface area contributed by atoms with E-state index in [1.165, 1.54) is 6.07 Å². The molecule has 18 heavy (non-hydrogen) atoms. The average Bonchev–Trinajstić information content (AvgIpc) is 2.76. The minimum Gasteiger partial charge on any atom is -0.477 e. The van der Waals surface area contributed by atoms with Gasteiger partial charge in [0.15, 0.2) is 0 Å². The minimum atomic E-state index is -1.11. The number of aromatic amines is 1. The molecule has 2 heterocycles. The Morgan fingerprint density at radius 1 is 1.28 bits per heavy atom. The number of aryl methyl sites for hydroxylation is 1. The Balaban J connectivity index is 2.55. The van der Waals surface area contributed by atoms with Gasteiger partial charge in [-0.15, -0.1) is 0 Å². The molecule has 0 saturated heterocycles. The zero-order chi connectivity index (χ0) is 12.9. The fourth-order valence-corrected chi connectivity index (χ4v) is 2.03. The van der Waals surface area contributed by atoms with Crippen molar-refractivity contribution < 1.29 is 14.3 Å². The molecule has 0 aliphatic rings. The summed E-state index contributed by atoms with van der Waals surface area (Å²) in [6, 6.07) is 6.68. The van der Waals surface area contributed by atoms with Gasteiger partial charge in [0.05, 0.1) is 10.9 Å². The summed E-state index contributed by atoms with van der Waals surface area (Å²) in [6.07, 6.45) is 0. The first-order valence-corrected chi connectivity index (χ1v) is 5.36. The molecule has 2 aromatic heterocycles. The van der Waals surface area contributed by atoms with Crippen LogP contribution in [0.3, 0.4) is 0 Å². The Morgan fingerprint density at radius 3 is 2.78 bits per heavy atom. The number of carboxylic acids is 1. The van der Waals surface area contributed by atoms with E-state index in [0.29, 0.717) is 16.5 Å². The second kappa shape index (κ2) is 3.46. The maximum Gasteiger partial charge on any atom is 0.352 e. The van der Waals surface area contributed by atoms with Crippen LogP contribution >= 0.6 is 0 Å². The standard InChI is InChI=1S/C13H9NO4/c1-6-2-3-10-7(4-6)11-8(13(17)18-10)5-9(14-11)12(15)16/h2-5,14H,1H3,(H,15,16). The van der Waals surface area contributed by atoms with Crippen LogP contribution in [0.4, 0.5) is 0 Å². The van der Waals surface area contributed by atoms with E-state index in [1.54, 1.807) is 6.07 Å². The van der Waals surface area contributed by atoms with E-state index in [-0.39, 0.29) is 11.1 Å². The van der Waals surface area contributed by atoms with Crippen LogP contribution in [0.2, 0.25) is 0 Å². The van der Waals surface area contributed by atoms with E-state index >= 15 is 0 Å². The van der Waals surface area contributed by atoms with Crippen molar-refractivity contribution in [2.24, 2.45) is 0 Å². The fourth-order valence-electron chi connectivity index (χ4n) is 2.03. The number of rotatable bonds is 1. The van der Waals surface area contributed by atoms with E-state index in [9.17, 15) is 9.59 Å². The smallest absolute Gasteiger partial charge is 0.352 e. The molecule has 0 aliphatic carbocycles. The number of H-pyrrole nitrogens is 1. The van der Waals surface area contributed by atoms with Crippen LogP contribution in [0, 0.1) is 6.92 Å². The average molecular weight is 243 g/mol. The van der Waals surface area contributed by atoms with Crippen molar-refractivity contribution in [2.75, 3.05) is 0 Å². The van der Waals surface area contributed by atoms with Crippen LogP contribution in [-0.4, -0.2) is 16.1 Å². The van der Waals surface area contributed by atoms with Crippen LogP contribution < -0.4 is 5.63 Å². The van der Waals surface area contributed by atoms with Crippen LogP contribution in [-0.2, 0) is 0 Å². The molecule has 3 rings (SSSR count). The molecule has 5 heteroatoms. The molecule has 0 fully saturated rings. The van der Waals surface area contributed by atoms with Gasteiger partial charge in [0, 0.05) is 5.39 Å². The number of benzene rings is 1. The summed E-state index contributed by atoms with van der Waals surface area (Å²) in [4.78, 5) is 25.4. The van der Waals surface area contributed by atoms with Crippen molar-refractivity contribution in [1.29, 1.82) is 0 Å². The molecule has 5 nitrogen and oxygen atoms in total. The lowest BCUT2D eigenvalue weighted by Gasteiger charge is -1.99. The minimum absolute atomic E-state index is 0.0219. The van der Waals surface area contributed by atoms with Gasteiger partial charge in [-0.05, 0) is 25.1 Å². The molecule has 0 atom stereocenters. The molecule has 1 aromatic carbocycles. The van der Waals surface area contributed by atoms with E-state index in [4.69, 9.17) is 9.52 Å². The lowest BCUT2D eigenvalue weighted by Crippen LogP contribution is -1.97. The van der Waals surface area contributed by atoms with Crippen molar-refractivity contribution in [3.05, 3.63) is 45.9 Å². The molecule has 2 N–H and O–H groups in total. The van der Waals surface area contributed by atoms with Crippen molar-refractivity contribution in [2.45, 2.75) is 6.92 Å². The maximum atomic E-state index is 11.7. The first-order valence-electron chi connectivity index (χ1n) is 5.36. The number of carboxylic acid groups (broad SMARTS) is 1. The quantitative estimate of drug-likeness (QED) is 0.642. The van der Waals surface area contributed by atoms with E-state index in [1.807, 2.05) is 19.1 Å². The Kier molecular flexibility index (Phi) is 2.04. The van der Waals surface area contributed by atoms with Crippen molar-refractivity contribution in [1.82, 2.24) is 4.98 Å². The van der Waals surface area contributed by atoms with Gasteiger partial charge in [-0.25, -0.2) is 9.59 Å². The first-order chi connectivity index (χ1) is 8.56. The lowest BCUT2D eigenvalue weighted by atomic mass is 10.1. The highest BCUT2D eigenvalue weighted by molar-refractivity contribution is 6.05. The predicted molar refractivity (Wildman–Crippen MR) is 66.0 cm³/mol. The van der Waals surface area contributed by atoms with Crippen molar-refractivity contribution >= 4 is 27.8 Å². The largest absolute Gasteiger partial charge is 0.477 e. The number of aromatic nitrogens is 1. The highest BCUT2D eigenvalue weighted by Crippen LogP contribution is 2.23. The SMILES string of the molecule is Cc1ccc2oc(=O)c3cc(C(=O)O)[nH]c3c2c1. The summed E-state index contributed by atoms with van der Waals surface area (Å²) in [7, 11) is 0. The second-order valence-electron chi connectivity index (χ2n) is 4.17. The van der Waals surface area contributed by atoms with Gasteiger partial charge < -0.3 is 14.5 Å². The van der Waals surface area contributed by atoms with Crippen LogP contribution in [0.15, 0.2) is 33.5 Å². The number of nitrogens with one attached hydrogen (secondary N) is 1. The number of hydrogen-bond acceptors (Lipinski definition) is 3. The predicted octanol–water partition coefficient (Wildman–Crippen LogP) is 2.28. The topological polar surface area (TPSA) is 83.3 Å². The number of hydrogen-bond donors (Lipinski definition) is 2. The van der Waals surface area contributed by atoms with Crippen LogP contribution in [0.1, 0.15) is 16.1 Å². The fraction of sp³-hybridized carbons (Fsp3) is 0.0769. The molecule has 0 saturated carbocycles. The molecule has 0 amide bonds. The number of carbonyl (C=O) groups is 1. The zero-order valence-electron chi connectivity index (χ0n) is 9.48. The summed E-state index contributed by atoms with van der Waals surface area (Å²) in [5.74, 6) is -1.11. The summed E-state index contributed by atoms with van der Waals surface area (Å²) < 4.78 is 5.15. The summed E-state index contributed by atoms with van der Waals surface area (Å²) >= 11 is 0. The normalized spacial score (nSPS) is 11.2. The third-order valence-electron chi connectivity index (χ3n) is 2.88. The van der Waals surface area contributed by atoms with E-state index in [2.05, 4.69) is 4.98 Å². The van der Waals surface area contributed by atoms with Gasteiger partial charge in [-0.1, -0.05) is 11.6 Å². The highest BCUT2D eigenvalue weighted by atomic mass is 16.4. The molecule has 0 unspecified atom stereocenters. The molecule has 90 valence electrons. The maximum absolute atomic E-state index is 11.7. The van der Waals surface area contributed by atoms with Crippen LogP contribution in [0.5, 0.6) is 0 Å². The zero-order valence-corrected chi connectivity index (χ0v) is 9.48. The number of fused-ring (bicyclic) bond motifs is 3. The number of aromatic carboxylic acids is 1. The second-order valence-corrected chi connectivity index (χ2v) is 4.17. The van der Waals surface area contributed by atoms with Gasteiger partial charge >= 0.3 is 11.6 Å². The molecule has 0 spiro atoms. The molecule has 0 aliphatic heterocycles. The molecule has 3 aromatic rings. The summed E-state index contributed by atoms with van der Waals surface area (Å²) in [6.45, 7) is 1.91. The lowest BCUT2D eigenvalue weighted by molar-refractivity contribution is 0.0691. The van der Waals surface area contributed by atoms with Gasteiger partial charge in [0.1, 0.15) is 11.3 Å². The van der Waals surface area contributed by atoms with Gasteiger partial charge in [0.25, 0.3) is 0 Å². The third-order valence-corrected chi connectivity index (χ3v) is 2.88. The molecule has 0 radical (unpaired) electrons. The molecular weight excluding hydrogens is 234 g/mol. The van der Waals surface area contributed by atoms with E-state index < -0.39 is 11.6 Å². The van der Waals surface area contributed by atoms with Crippen LogP contribution in [0.25, 0.3) is 21.9 Å². The Labute approximate surface area is 101 Å². The molecule has 0 bridgehead atoms.